The molecule has 0 atom stereocenters. The molecule has 31 heavy (non-hydrogen) atoms. The molecule has 0 saturated carbocycles. The van der Waals surface area contributed by atoms with Crippen molar-refractivity contribution in [1.29, 1.82) is 0 Å². The van der Waals surface area contributed by atoms with Crippen LogP contribution in [0, 0.1) is 0 Å². The van der Waals surface area contributed by atoms with Gasteiger partial charge in [0, 0.05) is 50.7 Å². The maximum Gasteiger partial charge on any atom is 0.194 e. The van der Waals surface area contributed by atoms with Crippen LogP contribution in [0.5, 0.6) is 0 Å². The number of nitrogens with zero attached hydrogens (tertiary/aromatic N) is 2. The number of hydrogen-bond acceptors (Lipinski definition) is 3. The zero-order valence-corrected chi connectivity index (χ0v) is 18.4. The number of anilines is 2. The van der Waals surface area contributed by atoms with Crippen molar-refractivity contribution in [2.24, 2.45) is 0 Å². The van der Waals surface area contributed by atoms with Gasteiger partial charge in [0.1, 0.15) is 0 Å². The second-order valence-corrected chi connectivity index (χ2v) is 8.04. The van der Waals surface area contributed by atoms with Crippen molar-refractivity contribution in [3.8, 4) is 0 Å². The Hall–Kier alpha value is -3.81. The van der Waals surface area contributed by atoms with Gasteiger partial charge in [-0.3, -0.25) is 4.79 Å². The van der Waals surface area contributed by atoms with Gasteiger partial charge in [0.15, 0.2) is 5.78 Å². The SMILES string of the molecule is CN(C)c1ccc(C(=C=C2C(=O)C=Cc3ccccc32)c2ccc(N(C)C)cc2)cc1. The molecule has 3 nitrogen and oxygen atoms in total. The van der Waals surface area contributed by atoms with Crippen LogP contribution in [-0.4, -0.2) is 34.0 Å². The van der Waals surface area contributed by atoms with Gasteiger partial charge in [-0.15, -0.1) is 0 Å². The topological polar surface area (TPSA) is 23.6 Å². The van der Waals surface area contributed by atoms with Crippen molar-refractivity contribution in [2.75, 3.05) is 38.0 Å². The predicted octanol–water partition coefficient (Wildman–Crippen LogP) is 5.53. The first-order chi connectivity index (χ1) is 14.9. The number of benzene rings is 3. The standard InChI is InChI=1S/C28H26N2O/c1-29(2)23-14-9-21(10-15-23)26(22-11-16-24(17-12-22)30(3)4)19-27-25-8-6-5-7-20(25)13-18-28(27)31/h5-18H,1-4H3. The summed E-state index contributed by atoms with van der Waals surface area (Å²) in [5, 5.41) is 0. The van der Waals surface area contributed by atoms with E-state index in [1.54, 1.807) is 6.08 Å². The first-order valence-corrected chi connectivity index (χ1v) is 10.3. The third-order valence-electron chi connectivity index (χ3n) is 5.49. The Morgan fingerprint density at radius 2 is 1.19 bits per heavy atom. The molecule has 3 aromatic rings. The fraction of sp³-hybridized carbons (Fsp3) is 0.143. The highest BCUT2D eigenvalue weighted by Crippen LogP contribution is 2.31. The van der Waals surface area contributed by atoms with Crippen LogP contribution in [0.4, 0.5) is 11.4 Å². The summed E-state index contributed by atoms with van der Waals surface area (Å²) in [5.41, 5.74) is 11.3. The molecule has 0 bridgehead atoms. The maximum atomic E-state index is 12.8. The largest absolute Gasteiger partial charge is 0.378 e. The van der Waals surface area contributed by atoms with Crippen molar-refractivity contribution in [2.45, 2.75) is 0 Å². The van der Waals surface area contributed by atoms with E-state index in [1.807, 2.05) is 58.5 Å². The lowest BCUT2D eigenvalue weighted by Crippen LogP contribution is -2.08. The van der Waals surface area contributed by atoms with Gasteiger partial charge in [-0.25, -0.2) is 0 Å². The molecule has 0 amide bonds. The number of fused-ring (bicyclic) bond motifs is 1. The molecule has 4 rings (SSSR count). The summed E-state index contributed by atoms with van der Waals surface area (Å²) >= 11 is 0. The molecule has 0 radical (unpaired) electrons. The van der Waals surface area contributed by atoms with Crippen LogP contribution in [0.2, 0.25) is 0 Å². The smallest absolute Gasteiger partial charge is 0.194 e. The van der Waals surface area contributed by atoms with Gasteiger partial charge >= 0.3 is 0 Å². The van der Waals surface area contributed by atoms with Crippen LogP contribution in [0.15, 0.2) is 84.6 Å². The molecular weight excluding hydrogens is 380 g/mol. The molecule has 0 saturated heterocycles. The Kier molecular flexibility index (Phi) is 5.62. The summed E-state index contributed by atoms with van der Waals surface area (Å²) in [6.07, 6.45) is 3.51. The third-order valence-corrected chi connectivity index (χ3v) is 5.49. The van der Waals surface area contributed by atoms with Crippen LogP contribution < -0.4 is 9.80 Å². The predicted molar refractivity (Wildman–Crippen MR) is 131 cm³/mol. The van der Waals surface area contributed by atoms with E-state index < -0.39 is 0 Å². The lowest BCUT2D eigenvalue weighted by molar-refractivity contribution is -0.109. The van der Waals surface area contributed by atoms with Gasteiger partial charge in [0.05, 0.1) is 5.57 Å². The number of hydrogen-bond donors (Lipinski definition) is 0. The van der Waals surface area contributed by atoms with E-state index in [9.17, 15) is 4.79 Å². The van der Waals surface area contributed by atoms with Gasteiger partial charge in [-0.05, 0) is 47.0 Å². The summed E-state index contributed by atoms with van der Waals surface area (Å²) < 4.78 is 0. The Bertz CT molecular complexity index is 1150. The first-order valence-electron chi connectivity index (χ1n) is 10.3. The molecule has 0 aromatic heterocycles. The van der Waals surface area contributed by atoms with Gasteiger partial charge < -0.3 is 9.80 Å². The van der Waals surface area contributed by atoms with Crippen molar-refractivity contribution >= 4 is 34.4 Å². The van der Waals surface area contributed by atoms with E-state index >= 15 is 0 Å². The summed E-state index contributed by atoms with van der Waals surface area (Å²) in [6, 6.07) is 24.7. The fourth-order valence-electron chi connectivity index (χ4n) is 3.67. The molecule has 0 aliphatic heterocycles. The van der Waals surface area contributed by atoms with Crippen molar-refractivity contribution < 1.29 is 4.79 Å². The molecule has 0 spiro atoms. The zero-order valence-electron chi connectivity index (χ0n) is 18.4. The molecule has 1 aliphatic rings. The average molecular weight is 407 g/mol. The van der Waals surface area contributed by atoms with Crippen molar-refractivity contribution in [3.63, 3.8) is 0 Å². The van der Waals surface area contributed by atoms with E-state index in [1.165, 1.54) is 0 Å². The number of allylic oxidation sites excluding steroid dienone is 2. The highest BCUT2D eigenvalue weighted by atomic mass is 16.1. The molecular formula is C28H26N2O. The molecule has 1 aliphatic carbocycles. The summed E-state index contributed by atoms with van der Waals surface area (Å²) in [4.78, 5) is 17.0. The third kappa shape index (κ3) is 4.23. The van der Waals surface area contributed by atoms with E-state index in [0.717, 1.165) is 39.2 Å². The van der Waals surface area contributed by atoms with Crippen LogP contribution in [0.25, 0.3) is 17.2 Å². The molecule has 0 N–H and O–H groups in total. The van der Waals surface area contributed by atoms with Crippen molar-refractivity contribution in [3.05, 3.63) is 107 Å². The Balaban J connectivity index is 1.95. The van der Waals surface area contributed by atoms with E-state index in [4.69, 9.17) is 0 Å². The number of rotatable bonds is 4. The molecule has 0 heterocycles. The average Bonchev–Trinajstić information content (AvgIpc) is 2.79. The lowest BCUT2D eigenvalue weighted by atomic mass is 9.89. The summed E-state index contributed by atoms with van der Waals surface area (Å²) in [7, 11) is 8.10. The Labute approximate surface area is 184 Å². The molecule has 154 valence electrons. The summed E-state index contributed by atoms with van der Waals surface area (Å²) in [5.74, 6) is -0.0222. The van der Waals surface area contributed by atoms with Gasteiger partial charge in [0.2, 0.25) is 0 Å². The lowest BCUT2D eigenvalue weighted by Gasteiger charge is -2.16. The monoisotopic (exact) mass is 406 g/mol. The molecule has 3 heteroatoms. The minimum Gasteiger partial charge on any atom is -0.378 e. The van der Waals surface area contributed by atoms with Crippen molar-refractivity contribution in [1.82, 2.24) is 0 Å². The fourth-order valence-corrected chi connectivity index (χ4v) is 3.67. The van der Waals surface area contributed by atoms with Crippen LogP contribution in [0.1, 0.15) is 22.3 Å². The van der Waals surface area contributed by atoms with Gasteiger partial charge in [-0.1, -0.05) is 60.3 Å². The minimum absolute atomic E-state index is 0.0222. The number of carbonyl (C=O) groups is 1. The van der Waals surface area contributed by atoms with E-state index in [2.05, 4.69) is 64.1 Å². The second-order valence-electron chi connectivity index (χ2n) is 8.04. The highest BCUT2D eigenvalue weighted by Gasteiger charge is 2.17. The van der Waals surface area contributed by atoms with Gasteiger partial charge in [-0.2, -0.15) is 0 Å². The second kappa shape index (κ2) is 8.51. The van der Waals surface area contributed by atoms with Gasteiger partial charge in [0.25, 0.3) is 0 Å². The Morgan fingerprint density at radius 1 is 0.677 bits per heavy atom. The maximum absolute atomic E-state index is 12.8. The first kappa shape index (κ1) is 20.5. The van der Waals surface area contributed by atoms with Crippen LogP contribution >= 0.6 is 0 Å². The number of ketones is 1. The van der Waals surface area contributed by atoms with Crippen LogP contribution in [-0.2, 0) is 4.79 Å². The quantitative estimate of drug-likeness (QED) is 0.420. The molecule has 0 fully saturated rings. The van der Waals surface area contributed by atoms with E-state index in [0.29, 0.717) is 5.57 Å². The molecule has 0 unspecified atom stereocenters. The highest BCUT2D eigenvalue weighted by molar-refractivity contribution is 6.30. The zero-order chi connectivity index (χ0) is 22.0. The molecule has 3 aromatic carbocycles. The Morgan fingerprint density at radius 3 is 1.71 bits per heavy atom. The van der Waals surface area contributed by atoms with E-state index in [-0.39, 0.29) is 5.78 Å². The minimum atomic E-state index is -0.0222. The summed E-state index contributed by atoms with van der Waals surface area (Å²) in [6.45, 7) is 0. The number of carbonyl (C=O) groups excluding carboxylic acids is 1. The normalized spacial score (nSPS) is 12.3. The van der Waals surface area contributed by atoms with Crippen LogP contribution in [0.3, 0.4) is 0 Å².